The topological polar surface area (TPSA) is 119 Å². The number of nitrogens with zero attached hydrogens (tertiary/aromatic N) is 2. The van der Waals surface area contributed by atoms with Gasteiger partial charge in [-0.3, -0.25) is 19.3 Å². The highest BCUT2D eigenvalue weighted by atomic mass is 16.6. The fraction of sp³-hybridized carbons (Fsp3) is 0.394. The van der Waals surface area contributed by atoms with Crippen LogP contribution in [0.3, 0.4) is 0 Å². The van der Waals surface area contributed by atoms with Crippen molar-refractivity contribution in [2.45, 2.75) is 63.5 Å². The van der Waals surface area contributed by atoms with Crippen LogP contribution >= 0.6 is 0 Å². The fourth-order valence-electron chi connectivity index (χ4n) is 5.51. The van der Waals surface area contributed by atoms with Crippen molar-refractivity contribution in [1.29, 1.82) is 0 Å². The van der Waals surface area contributed by atoms with Gasteiger partial charge in [-0.05, 0) is 61.2 Å². The van der Waals surface area contributed by atoms with Gasteiger partial charge < -0.3 is 24.8 Å². The van der Waals surface area contributed by atoms with Gasteiger partial charge in [0.05, 0.1) is 7.11 Å². The van der Waals surface area contributed by atoms with Gasteiger partial charge >= 0.3 is 0 Å². The largest absolute Gasteiger partial charge is 0.497 e. The molecule has 2 heterocycles. The number of ether oxygens (including phenoxy) is 3. The van der Waals surface area contributed by atoms with Gasteiger partial charge in [-0.15, -0.1) is 0 Å². The van der Waals surface area contributed by atoms with Gasteiger partial charge in [0, 0.05) is 36.8 Å². The van der Waals surface area contributed by atoms with Crippen molar-refractivity contribution in [2.75, 3.05) is 30.5 Å². The Morgan fingerprint density at radius 3 is 2.44 bits per heavy atom. The molecular formula is C33H38N4O6. The van der Waals surface area contributed by atoms with Gasteiger partial charge in [0.25, 0.3) is 0 Å². The van der Waals surface area contributed by atoms with Crippen molar-refractivity contribution >= 4 is 29.2 Å². The molecule has 0 saturated heterocycles. The second-order valence-electron chi connectivity index (χ2n) is 10.7. The number of fused-ring (bicyclic) bond motifs is 1. The molecule has 1 fully saturated rings. The Kier molecular flexibility index (Phi) is 10.1. The van der Waals surface area contributed by atoms with Crippen molar-refractivity contribution < 1.29 is 28.6 Å². The first-order chi connectivity index (χ1) is 21.0. The SMILES string of the molecule is COc1ccc([C@@H](C(=O)NC2CCCCC2)N(C(=O)CCCC(=O)Nc2ccccn2)c2ccc3c(c2)OCCO3)cc1. The highest BCUT2D eigenvalue weighted by Gasteiger charge is 2.34. The first kappa shape index (κ1) is 29.9. The fourth-order valence-corrected chi connectivity index (χ4v) is 5.51. The minimum atomic E-state index is -0.953. The van der Waals surface area contributed by atoms with Crippen molar-refractivity contribution in [3.05, 3.63) is 72.4 Å². The summed E-state index contributed by atoms with van der Waals surface area (Å²) in [4.78, 5) is 46.4. The summed E-state index contributed by atoms with van der Waals surface area (Å²) < 4.78 is 16.9. The molecule has 226 valence electrons. The van der Waals surface area contributed by atoms with Crippen molar-refractivity contribution in [3.8, 4) is 17.2 Å². The second-order valence-corrected chi connectivity index (χ2v) is 10.7. The predicted octanol–water partition coefficient (Wildman–Crippen LogP) is 5.19. The molecule has 2 aromatic carbocycles. The first-order valence-electron chi connectivity index (χ1n) is 14.9. The van der Waals surface area contributed by atoms with E-state index < -0.39 is 6.04 Å². The molecule has 5 rings (SSSR count). The van der Waals surface area contributed by atoms with E-state index in [2.05, 4.69) is 15.6 Å². The molecule has 3 amide bonds. The molecule has 2 N–H and O–H groups in total. The third kappa shape index (κ3) is 7.82. The molecule has 3 aromatic rings. The number of anilines is 2. The summed E-state index contributed by atoms with van der Waals surface area (Å²) in [6, 6.07) is 16.8. The molecule has 1 atom stereocenters. The van der Waals surface area contributed by atoms with Crippen LogP contribution in [0, 0.1) is 0 Å². The normalized spacial score (nSPS) is 15.2. The summed E-state index contributed by atoms with van der Waals surface area (Å²) in [5.41, 5.74) is 1.15. The maximum absolute atomic E-state index is 14.1. The summed E-state index contributed by atoms with van der Waals surface area (Å²) in [7, 11) is 1.58. The zero-order chi connectivity index (χ0) is 30.0. The Morgan fingerprint density at radius 1 is 0.953 bits per heavy atom. The molecule has 0 unspecified atom stereocenters. The molecule has 10 heteroatoms. The van der Waals surface area contributed by atoms with Gasteiger partial charge in [-0.1, -0.05) is 37.5 Å². The summed E-state index contributed by atoms with van der Waals surface area (Å²) in [6.07, 6.45) is 7.15. The van der Waals surface area contributed by atoms with Crippen LogP contribution in [0.5, 0.6) is 17.2 Å². The molecule has 10 nitrogen and oxygen atoms in total. The number of hydrogen-bond acceptors (Lipinski definition) is 7. The lowest BCUT2D eigenvalue weighted by atomic mass is 9.94. The van der Waals surface area contributed by atoms with Crippen molar-refractivity contribution in [3.63, 3.8) is 0 Å². The van der Waals surface area contributed by atoms with Crippen LogP contribution < -0.4 is 29.7 Å². The minimum Gasteiger partial charge on any atom is -0.497 e. The summed E-state index contributed by atoms with van der Waals surface area (Å²) in [5.74, 6) is 1.41. The number of nitrogens with one attached hydrogen (secondary N) is 2. The van der Waals surface area contributed by atoms with E-state index in [9.17, 15) is 14.4 Å². The van der Waals surface area contributed by atoms with E-state index in [1.165, 1.54) is 4.90 Å². The third-order valence-electron chi connectivity index (χ3n) is 7.69. The van der Waals surface area contributed by atoms with Crippen LogP contribution in [-0.2, 0) is 14.4 Å². The highest BCUT2D eigenvalue weighted by molar-refractivity contribution is 6.02. The maximum atomic E-state index is 14.1. The molecule has 0 spiro atoms. The van der Waals surface area contributed by atoms with E-state index in [0.717, 1.165) is 32.1 Å². The van der Waals surface area contributed by atoms with Gasteiger partial charge in [0.2, 0.25) is 17.7 Å². The van der Waals surface area contributed by atoms with Gasteiger partial charge in [-0.2, -0.15) is 0 Å². The number of aromatic nitrogens is 1. The Balaban J connectivity index is 1.43. The van der Waals surface area contributed by atoms with E-state index in [1.807, 2.05) is 12.1 Å². The minimum absolute atomic E-state index is 0.0491. The summed E-state index contributed by atoms with van der Waals surface area (Å²) in [5, 5.41) is 5.98. The van der Waals surface area contributed by atoms with Gasteiger partial charge in [-0.25, -0.2) is 4.98 Å². The van der Waals surface area contributed by atoms with Gasteiger partial charge in [0.15, 0.2) is 11.5 Å². The standard InChI is InChI=1S/C33H38N4O6/c1-41-26-16-13-23(14-17-26)32(33(40)35-24-8-3-2-4-9-24)37(25-15-18-27-28(22-25)43-21-20-42-27)31(39)12-7-11-30(38)36-29-10-5-6-19-34-29/h5-6,10,13-19,22,24,32H,2-4,7-9,11-12,20-21H2,1H3,(H,35,40)(H,34,36,38)/t32-/m0/s1. The van der Waals surface area contributed by atoms with E-state index in [0.29, 0.717) is 47.5 Å². The lowest BCUT2D eigenvalue weighted by Gasteiger charge is -2.34. The smallest absolute Gasteiger partial charge is 0.248 e. The summed E-state index contributed by atoms with van der Waals surface area (Å²) in [6.45, 7) is 0.827. The van der Waals surface area contributed by atoms with Crippen molar-refractivity contribution in [1.82, 2.24) is 10.3 Å². The average molecular weight is 587 g/mol. The number of hydrogen-bond donors (Lipinski definition) is 2. The molecule has 0 bridgehead atoms. The molecule has 43 heavy (non-hydrogen) atoms. The number of carbonyl (C=O) groups excluding carboxylic acids is 3. The second kappa shape index (κ2) is 14.5. The van der Waals surface area contributed by atoms with E-state index in [4.69, 9.17) is 14.2 Å². The number of pyridine rings is 1. The van der Waals surface area contributed by atoms with E-state index in [1.54, 1.807) is 61.8 Å². The maximum Gasteiger partial charge on any atom is 0.248 e. The first-order valence-corrected chi connectivity index (χ1v) is 14.9. The Labute approximate surface area is 251 Å². The molecular weight excluding hydrogens is 548 g/mol. The molecule has 1 saturated carbocycles. The number of benzene rings is 2. The monoisotopic (exact) mass is 586 g/mol. The van der Waals surface area contributed by atoms with Gasteiger partial charge in [0.1, 0.15) is 30.8 Å². The molecule has 1 aliphatic carbocycles. The van der Waals surface area contributed by atoms with Crippen molar-refractivity contribution in [2.24, 2.45) is 0 Å². The number of amides is 3. The molecule has 1 aliphatic heterocycles. The quantitative estimate of drug-likeness (QED) is 0.317. The molecule has 2 aliphatic rings. The van der Waals surface area contributed by atoms with Crippen LogP contribution in [0.1, 0.15) is 63.0 Å². The lowest BCUT2D eigenvalue weighted by molar-refractivity contribution is -0.127. The van der Waals surface area contributed by atoms with E-state index in [-0.39, 0.29) is 43.0 Å². The van der Waals surface area contributed by atoms with Crippen LogP contribution in [-0.4, -0.2) is 49.1 Å². The number of rotatable bonds is 11. The zero-order valence-electron chi connectivity index (χ0n) is 24.4. The zero-order valence-corrected chi connectivity index (χ0v) is 24.4. The Morgan fingerprint density at radius 2 is 1.72 bits per heavy atom. The van der Waals surface area contributed by atoms with E-state index >= 15 is 0 Å². The van der Waals surface area contributed by atoms with Crippen LogP contribution in [0.4, 0.5) is 11.5 Å². The average Bonchev–Trinajstić information content (AvgIpc) is 3.04. The Bertz CT molecular complexity index is 1390. The van der Waals surface area contributed by atoms with Crippen LogP contribution in [0.25, 0.3) is 0 Å². The van der Waals surface area contributed by atoms with Crippen LogP contribution in [0.2, 0.25) is 0 Å². The lowest BCUT2D eigenvalue weighted by Crippen LogP contribution is -2.47. The molecule has 0 radical (unpaired) electrons. The van der Waals surface area contributed by atoms with Crippen LogP contribution in [0.15, 0.2) is 66.9 Å². The predicted molar refractivity (Wildman–Crippen MR) is 162 cm³/mol. The summed E-state index contributed by atoms with van der Waals surface area (Å²) >= 11 is 0. The number of carbonyl (C=O) groups is 3. The third-order valence-corrected chi connectivity index (χ3v) is 7.69. The number of methoxy groups -OCH3 is 1. The highest BCUT2D eigenvalue weighted by Crippen LogP contribution is 2.38. The molecule has 1 aromatic heterocycles. The Hall–Kier alpha value is -4.60.